The summed E-state index contributed by atoms with van der Waals surface area (Å²) in [6, 6.07) is 6.98. The third-order valence-corrected chi connectivity index (χ3v) is 8.68. The van der Waals surface area contributed by atoms with Gasteiger partial charge in [-0.2, -0.15) is 0 Å². The number of hydrogen-bond acceptors (Lipinski definition) is 3. The molecule has 1 aliphatic heterocycles. The zero-order valence-electron chi connectivity index (χ0n) is 14.1. The van der Waals surface area contributed by atoms with Crippen molar-refractivity contribution >= 4 is 10.0 Å². The van der Waals surface area contributed by atoms with Crippen LogP contribution in [-0.4, -0.2) is 27.2 Å². The van der Waals surface area contributed by atoms with E-state index in [1.165, 1.54) is 6.42 Å². The highest BCUT2D eigenvalue weighted by Gasteiger charge is 2.75. The Kier molecular flexibility index (Phi) is 3.11. The second kappa shape index (κ2) is 4.58. The van der Waals surface area contributed by atoms with Crippen LogP contribution in [-0.2, 0) is 14.8 Å². The predicted octanol–water partition coefficient (Wildman–Crippen LogP) is 2.87. The minimum atomic E-state index is -3.49. The lowest BCUT2D eigenvalue weighted by Crippen LogP contribution is -2.51. The highest BCUT2D eigenvalue weighted by atomic mass is 32.2. The summed E-state index contributed by atoms with van der Waals surface area (Å²) < 4.78 is 34.2. The van der Waals surface area contributed by atoms with E-state index < -0.39 is 10.0 Å². The Labute approximate surface area is 138 Å². The molecule has 0 radical (unpaired) electrons. The maximum Gasteiger partial charge on any atom is 0.240 e. The summed E-state index contributed by atoms with van der Waals surface area (Å²) in [5, 5.41) is 0. The van der Waals surface area contributed by atoms with Crippen molar-refractivity contribution in [2.24, 2.45) is 16.7 Å². The molecule has 126 valence electrons. The molecule has 1 aromatic carbocycles. The van der Waals surface area contributed by atoms with Gasteiger partial charge in [-0.25, -0.2) is 13.1 Å². The predicted molar refractivity (Wildman–Crippen MR) is 88.6 cm³/mol. The fourth-order valence-corrected chi connectivity index (χ4v) is 6.41. The Bertz CT molecular complexity index is 744. The molecule has 23 heavy (non-hydrogen) atoms. The molecule has 1 aromatic rings. The minimum Gasteiger partial charge on any atom is -0.372 e. The lowest BCUT2D eigenvalue weighted by Gasteiger charge is -2.41. The molecule has 2 aliphatic carbocycles. The van der Waals surface area contributed by atoms with Crippen molar-refractivity contribution in [3.8, 4) is 0 Å². The first-order valence-corrected chi connectivity index (χ1v) is 9.91. The third-order valence-electron chi connectivity index (χ3n) is 7.26. The number of benzene rings is 1. The van der Waals surface area contributed by atoms with Crippen LogP contribution in [0.5, 0.6) is 0 Å². The fourth-order valence-electron chi connectivity index (χ4n) is 5.33. The van der Waals surface area contributed by atoms with Gasteiger partial charge in [-0.15, -0.1) is 0 Å². The molecule has 4 rings (SSSR count). The lowest BCUT2D eigenvalue weighted by molar-refractivity contribution is -0.0784. The van der Waals surface area contributed by atoms with Crippen molar-refractivity contribution in [3.05, 3.63) is 29.8 Å². The number of rotatable bonds is 4. The largest absolute Gasteiger partial charge is 0.372 e. The molecule has 4 atom stereocenters. The van der Waals surface area contributed by atoms with E-state index in [2.05, 4.69) is 18.6 Å². The number of nitrogens with one attached hydrogen (secondary N) is 1. The van der Waals surface area contributed by atoms with Gasteiger partial charge in [0.05, 0.1) is 17.1 Å². The lowest BCUT2D eigenvalue weighted by atomic mass is 9.66. The second-order valence-electron chi connectivity index (χ2n) is 8.11. The molecule has 4 bridgehead atoms. The number of sulfonamides is 1. The normalized spacial score (nSPS) is 41.6. The van der Waals surface area contributed by atoms with Crippen LogP contribution in [0.1, 0.15) is 38.7 Å². The van der Waals surface area contributed by atoms with Crippen LogP contribution in [0.4, 0.5) is 0 Å². The number of hydrogen-bond donors (Lipinski definition) is 1. The Morgan fingerprint density at radius 1 is 1.26 bits per heavy atom. The summed E-state index contributed by atoms with van der Waals surface area (Å²) in [5.74, 6) is 0.671. The third kappa shape index (κ3) is 1.87. The molecule has 1 heterocycles. The molecule has 1 saturated heterocycles. The Hall–Kier alpha value is -0.910. The zero-order chi connectivity index (χ0) is 16.5. The van der Waals surface area contributed by atoms with Gasteiger partial charge in [-0.05, 0) is 44.2 Å². The van der Waals surface area contributed by atoms with Crippen LogP contribution in [0.25, 0.3) is 0 Å². The molecule has 0 unspecified atom stereocenters. The zero-order valence-corrected chi connectivity index (χ0v) is 14.9. The van der Waals surface area contributed by atoms with Crippen LogP contribution in [0.15, 0.2) is 29.2 Å². The van der Waals surface area contributed by atoms with Gasteiger partial charge in [0.15, 0.2) is 0 Å². The van der Waals surface area contributed by atoms with E-state index in [4.69, 9.17) is 4.74 Å². The van der Waals surface area contributed by atoms with Gasteiger partial charge in [0.25, 0.3) is 0 Å². The highest BCUT2D eigenvalue weighted by molar-refractivity contribution is 7.89. The van der Waals surface area contributed by atoms with Crippen molar-refractivity contribution in [2.75, 3.05) is 13.2 Å². The van der Waals surface area contributed by atoms with E-state index >= 15 is 0 Å². The van der Waals surface area contributed by atoms with Crippen molar-refractivity contribution in [2.45, 2.75) is 50.5 Å². The monoisotopic (exact) mass is 335 g/mol. The van der Waals surface area contributed by atoms with E-state index in [1.54, 1.807) is 12.1 Å². The van der Waals surface area contributed by atoms with Crippen molar-refractivity contribution in [1.82, 2.24) is 4.72 Å². The Balaban J connectivity index is 1.57. The first-order valence-electron chi connectivity index (χ1n) is 8.43. The SMILES string of the molecule is Cc1ccc(S(=O)(=O)NC[C@]23C[C@H]4CC[C@]2(C)[C@@]4(C)CO3)cc1. The first-order chi connectivity index (χ1) is 10.7. The minimum absolute atomic E-state index is 0.0838. The molecule has 3 fully saturated rings. The van der Waals surface area contributed by atoms with Crippen molar-refractivity contribution in [1.29, 1.82) is 0 Å². The highest BCUT2D eigenvalue weighted by Crippen LogP contribution is 2.74. The van der Waals surface area contributed by atoms with Crippen LogP contribution < -0.4 is 4.72 Å². The van der Waals surface area contributed by atoms with E-state index in [-0.39, 0.29) is 16.4 Å². The first kappa shape index (κ1) is 15.6. The van der Waals surface area contributed by atoms with Gasteiger partial charge in [-0.1, -0.05) is 31.5 Å². The van der Waals surface area contributed by atoms with Gasteiger partial charge in [0.2, 0.25) is 10.0 Å². The van der Waals surface area contributed by atoms with Gasteiger partial charge >= 0.3 is 0 Å². The molecular formula is C18H25NO3S. The van der Waals surface area contributed by atoms with E-state index in [1.807, 2.05) is 19.1 Å². The molecule has 3 aliphatic rings. The smallest absolute Gasteiger partial charge is 0.240 e. The molecule has 0 spiro atoms. The summed E-state index contributed by atoms with van der Waals surface area (Å²) in [5.41, 5.74) is 1.02. The molecule has 0 aromatic heterocycles. The van der Waals surface area contributed by atoms with E-state index in [0.717, 1.165) is 25.0 Å². The summed E-state index contributed by atoms with van der Waals surface area (Å²) in [6.45, 7) is 7.72. The molecule has 0 amide bonds. The second-order valence-corrected chi connectivity index (χ2v) is 9.88. The summed E-state index contributed by atoms with van der Waals surface area (Å²) >= 11 is 0. The maximum atomic E-state index is 12.6. The molecule has 1 N–H and O–H groups in total. The van der Waals surface area contributed by atoms with Gasteiger partial charge < -0.3 is 4.74 Å². The van der Waals surface area contributed by atoms with Crippen LogP contribution >= 0.6 is 0 Å². The Morgan fingerprint density at radius 3 is 2.57 bits per heavy atom. The van der Waals surface area contributed by atoms with E-state index in [0.29, 0.717) is 17.4 Å². The average molecular weight is 335 g/mol. The van der Waals surface area contributed by atoms with Gasteiger partial charge in [0, 0.05) is 17.4 Å². The van der Waals surface area contributed by atoms with E-state index in [9.17, 15) is 8.42 Å². The van der Waals surface area contributed by atoms with Crippen LogP contribution in [0.3, 0.4) is 0 Å². The van der Waals surface area contributed by atoms with Crippen LogP contribution in [0.2, 0.25) is 0 Å². The average Bonchev–Trinajstić information content (AvgIpc) is 2.97. The number of aryl methyl sites for hydroxylation is 1. The Morgan fingerprint density at radius 2 is 1.96 bits per heavy atom. The molecular weight excluding hydrogens is 310 g/mol. The van der Waals surface area contributed by atoms with Gasteiger partial charge in [-0.3, -0.25) is 0 Å². The fraction of sp³-hybridized carbons (Fsp3) is 0.667. The van der Waals surface area contributed by atoms with Crippen LogP contribution in [0, 0.1) is 23.7 Å². The quantitative estimate of drug-likeness (QED) is 0.920. The standard InChI is InChI=1S/C18H25NO3S/c1-13-4-6-15(7-5-13)23(20,21)19-11-18-10-14-8-9-17(18,3)16(14,2)12-22-18/h4-7,14,19H,8-12H2,1-3H3/t14-,16+,17-,18-/m1/s1. The van der Waals surface area contributed by atoms with Crippen molar-refractivity contribution < 1.29 is 13.2 Å². The van der Waals surface area contributed by atoms with Crippen molar-refractivity contribution in [3.63, 3.8) is 0 Å². The summed E-state index contributed by atoms with van der Waals surface area (Å²) in [6.07, 6.45) is 3.37. The topological polar surface area (TPSA) is 55.4 Å². The maximum absolute atomic E-state index is 12.6. The molecule has 2 saturated carbocycles. The summed E-state index contributed by atoms with van der Waals surface area (Å²) in [4.78, 5) is 0.327. The molecule has 5 heteroatoms. The summed E-state index contributed by atoms with van der Waals surface area (Å²) in [7, 11) is -3.49. The molecule has 4 nitrogen and oxygen atoms in total. The number of ether oxygens (including phenoxy) is 1. The van der Waals surface area contributed by atoms with Gasteiger partial charge in [0.1, 0.15) is 0 Å².